The number of rotatable bonds is 13. The van der Waals surface area contributed by atoms with Gasteiger partial charge in [0, 0.05) is 87.4 Å². The van der Waals surface area contributed by atoms with E-state index in [1.807, 2.05) is 41.8 Å². The summed E-state index contributed by atoms with van der Waals surface area (Å²) >= 11 is 0. The van der Waals surface area contributed by atoms with Crippen molar-refractivity contribution in [1.29, 1.82) is 5.26 Å². The molecule has 0 bridgehead atoms. The Balaban J connectivity index is 0.806. The number of halogens is 1. The van der Waals surface area contributed by atoms with Gasteiger partial charge in [0.05, 0.1) is 71.9 Å². The molecule has 0 spiro atoms. The van der Waals surface area contributed by atoms with Gasteiger partial charge in [-0.2, -0.15) is 15.5 Å². The number of nitriles is 1. The molecule has 4 amide bonds. The van der Waals surface area contributed by atoms with E-state index in [0.29, 0.717) is 91.7 Å². The molecular weight excluding hydrogens is 898 g/mol. The lowest BCUT2D eigenvalue weighted by molar-refractivity contribution is -0.139. The number of piperidine rings is 4. The van der Waals surface area contributed by atoms with Gasteiger partial charge in [-0.3, -0.25) is 29.2 Å². The second kappa shape index (κ2) is 19.7. The highest BCUT2D eigenvalue weighted by atomic mass is 19.1. The van der Waals surface area contributed by atoms with Crippen LogP contribution in [0.15, 0.2) is 55.2 Å². The maximum atomic E-state index is 15.6. The smallest absolute Gasteiger partial charge is 0.249 e. The van der Waals surface area contributed by atoms with Crippen molar-refractivity contribution in [2.24, 2.45) is 5.41 Å². The molecule has 4 aliphatic heterocycles. The van der Waals surface area contributed by atoms with Crippen molar-refractivity contribution in [1.82, 2.24) is 44.9 Å². The number of carbonyl (C=O) groups is 4. The van der Waals surface area contributed by atoms with Gasteiger partial charge in [-0.25, -0.2) is 18.9 Å². The molecule has 20 heteroatoms. The summed E-state index contributed by atoms with van der Waals surface area (Å²) in [6.07, 6.45) is 13.3. The third-order valence-corrected chi connectivity index (χ3v) is 14.7. The van der Waals surface area contributed by atoms with Crippen molar-refractivity contribution in [2.75, 3.05) is 61.5 Å². The van der Waals surface area contributed by atoms with Crippen LogP contribution in [0.3, 0.4) is 0 Å². The summed E-state index contributed by atoms with van der Waals surface area (Å²) < 4.78 is 24.7. The number of imide groups is 1. The Hall–Kier alpha value is -7.14. The molecule has 5 aromatic rings. The summed E-state index contributed by atoms with van der Waals surface area (Å²) in [6.45, 7) is 9.11. The number of ether oxygens (including phenoxy) is 1. The molecule has 4 aromatic heterocycles. The number of hydrogen-bond acceptors (Lipinski definition) is 14. The van der Waals surface area contributed by atoms with E-state index in [2.05, 4.69) is 38.9 Å². The monoisotopic (exact) mass is 957 g/mol. The first-order chi connectivity index (χ1) is 33.7. The van der Waals surface area contributed by atoms with Crippen LogP contribution in [0.4, 0.5) is 21.6 Å². The lowest BCUT2D eigenvalue weighted by Gasteiger charge is -2.41. The van der Waals surface area contributed by atoms with Gasteiger partial charge < -0.3 is 35.2 Å². The van der Waals surface area contributed by atoms with Crippen LogP contribution < -0.4 is 30.5 Å². The zero-order chi connectivity index (χ0) is 49.3. The number of anilines is 3. The number of fused-ring (bicyclic) bond motifs is 1. The summed E-state index contributed by atoms with van der Waals surface area (Å²) in [6, 6.07) is 8.42. The standard InChI is InChI=1S/C50H60FN13O6/c1-5-49(48(68)56-31(2)3)12-18-61(19-13-49)42-8-6-32(26-53-42)45-46-33(25-52)27-55-64(46)30-39(58-45)34-28-54-63(29-34)35-10-16-62(17-11-35)44(66)24-50(69)14-20-60(21-15-50)40-23-41(70-4)38(22-36(40)51)57-37-7-9-43(65)59-47(37)67/h6,8,22-23,26-31,35,37,57,69H,5,7,9-21,24H2,1-4H3,(H,56,68)(H,59,65,67). The fourth-order valence-corrected chi connectivity index (χ4v) is 10.3. The van der Waals surface area contributed by atoms with Gasteiger partial charge in [0.25, 0.3) is 0 Å². The van der Waals surface area contributed by atoms with Gasteiger partial charge in [-0.1, -0.05) is 6.92 Å². The molecule has 4 fully saturated rings. The Bertz CT molecular complexity index is 2810. The van der Waals surface area contributed by atoms with Crippen LogP contribution in [0.2, 0.25) is 0 Å². The third kappa shape index (κ3) is 9.71. The fourth-order valence-electron chi connectivity index (χ4n) is 10.3. The second-order valence-corrected chi connectivity index (χ2v) is 19.5. The lowest BCUT2D eigenvalue weighted by Crippen LogP contribution is -2.50. The maximum absolute atomic E-state index is 15.6. The van der Waals surface area contributed by atoms with E-state index in [4.69, 9.17) is 19.8 Å². The Labute approximate surface area is 405 Å². The summed E-state index contributed by atoms with van der Waals surface area (Å²) in [4.78, 5) is 66.4. The number of likely N-dealkylation sites (tertiary alicyclic amines) is 1. The van der Waals surface area contributed by atoms with E-state index in [-0.39, 0.29) is 67.3 Å². The van der Waals surface area contributed by atoms with Gasteiger partial charge >= 0.3 is 0 Å². The normalized spacial score (nSPS) is 19.5. The molecule has 8 heterocycles. The van der Waals surface area contributed by atoms with Crippen LogP contribution in [0.1, 0.15) is 96.6 Å². The summed E-state index contributed by atoms with van der Waals surface area (Å²) in [5.74, 6) is -0.206. The van der Waals surface area contributed by atoms with Crippen LogP contribution in [-0.4, -0.2) is 127 Å². The Morgan fingerprint density at radius 3 is 2.37 bits per heavy atom. The molecule has 4 N–H and O–H groups in total. The van der Waals surface area contributed by atoms with Crippen LogP contribution in [0.5, 0.6) is 5.75 Å². The summed E-state index contributed by atoms with van der Waals surface area (Å²) in [7, 11) is 1.45. The number of carbonyl (C=O) groups excluding carboxylic acids is 4. The number of pyridine rings is 1. The molecule has 19 nitrogen and oxygen atoms in total. The topological polar surface area (TPSA) is 228 Å². The number of aliphatic hydroxyl groups is 1. The van der Waals surface area contributed by atoms with Gasteiger partial charge in [0.1, 0.15) is 40.6 Å². The van der Waals surface area contributed by atoms with E-state index in [0.717, 1.165) is 36.2 Å². The van der Waals surface area contributed by atoms with Crippen LogP contribution in [-0.2, 0) is 19.2 Å². The molecule has 0 radical (unpaired) electrons. The molecule has 1 atom stereocenters. The molecule has 1 aromatic carbocycles. The first-order valence-electron chi connectivity index (χ1n) is 24.3. The van der Waals surface area contributed by atoms with Crippen molar-refractivity contribution < 1.29 is 33.4 Å². The number of hydrogen-bond donors (Lipinski definition) is 4. The number of amides is 4. The Morgan fingerprint density at radius 1 is 0.971 bits per heavy atom. The summed E-state index contributed by atoms with van der Waals surface area (Å²) in [5, 5.41) is 39.2. The Kier molecular flexibility index (Phi) is 13.5. The largest absolute Gasteiger partial charge is 0.495 e. The van der Waals surface area contributed by atoms with Crippen LogP contribution >= 0.6 is 0 Å². The van der Waals surface area contributed by atoms with Crippen molar-refractivity contribution in [3.8, 4) is 34.3 Å². The highest BCUT2D eigenvalue weighted by Crippen LogP contribution is 2.39. The average Bonchev–Trinajstić information content (AvgIpc) is 4.03. The van der Waals surface area contributed by atoms with Gasteiger partial charge in [-0.15, -0.1) is 0 Å². The second-order valence-electron chi connectivity index (χ2n) is 19.5. The van der Waals surface area contributed by atoms with Crippen LogP contribution in [0, 0.1) is 22.6 Å². The highest BCUT2D eigenvalue weighted by molar-refractivity contribution is 6.01. The van der Waals surface area contributed by atoms with Crippen molar-refractivity contribution in [3.05, 3.63) is 66.6 Å². The predicted octanol–water partition coefficient (Wildman–Crippen LogP) is 5.00. The number of methoxy groups -OCH3 is 1. The average molecular weight is 958 g/mol. The van der Waals surface area contributed by atoms with Crippen molar-refractivity contribution in [3.63, 3.8) is 0 Å². The molecule has 368 valence electrons. The predicted molar refractivity (Wildman–Crippen MR) is 258 cm³/mol. The van der Waals surface area contributed by atoms with Gasteiger partial charge in [-0.05, 0) is 77.3 Å². The molecule has 70 heavy (non-hydrogen) atoms. The fraction of sp³-hybridized carbons (Fsp3) is 0.500. The molecule has 1 unspecified atom stereocenters. The lowest BCUT2D eigenvalue weighted by atomic mass is 9.75. The van der Waals surface area contributed by atoms with Gasteiger partial charge in [0.2, 0.25) is 23.6 Å². The van der Waals surface area contributed by atoms with Crippen LogP contribution in [0.25, 0.3) is 28.0 Å². The highest BCUT2D eigenvalue weighted by Gasteiger charge is 2.41. The zero-order valence-electron chi connectivity index (χ0n) is 40.1. The maximum Gasteiger partial charge on any atom is 0.249 e. The van der Waals surface area contributed by atoms with E-state index >= 15 is 4.39 Å². The Morgan fingerprint density at radius 2 is 1.71 bits per heavy atom. The quantitative estimate of drug-likeness (QED) is 0.114. The number of benzene rings is 1. The minimum absolute atomic E-state index is 0.0262. The minimum Gasteiger partial charge on any atom is -0.495 e. The van der Waals surface area contributed by atoms with E-state index in [1.165, 1.54) is 19.4 Å². The number of aromatic nitrogens is 6. The van der Waals surface area contributed by atoms with E-state index in [1.54, 1.807) is 34.1 Å². The van der Waals surface area contributed by atoms with Crippen molar-refractivity contribution in [2.45, 2.75) is 109 Å². The van der Waals surface area contributed by atoms with E-state index in [9.17, 15) is 29.5 Å². The van der Waals surface area contributed by atoms with E-state index < -0.39 is 23.4 Å². The molecule has 9 rings (SSSR count). The SMILES string of the molecule is CCC1(C(=O)NC(C)C)CCN(c2ccc(-c3nc(-c4cnn(C5CCN(C(=O)CC6(O)CCN(c7cc(OC)c(NC8CCC(=O)NC8=O)cc7F)CC6)CC5)c4)cn4ncc(C#N)c34)cn2)CC1. The number of nitrogens with one attached hydrogen (secondary N) is 3. The first-order valence-corrected chi connectivity index (χ1v) is 24.3. The number of nitrogens with zero attached hydrogens (tertiary/aromatic N) is 10. The first kappa shape index (κ1) is 47.9. The molecule has 4 aliphatic rings. The van der Waals surface area contributed by atoms with Crippen molar-refractivity contribution >= 4 is 46.3 Å². The molecular formula is C50H60FN13O6. The third-order valence-electron chi connectivity index (χ3n) is 14.7. The molecule has 0 aliphatic carbocycles. The summed E-state index contributed by atoms with van der Waals surface area (Å²) in [5.41, 5.74) is 2.59. The molecule has 0 saturated carbocycles. The van der Waals surface area contributed by atoms with Gasteiger partial charge in [0.15, 0.2) is 0 Å². The zero-order valence-corrected chi connectivity index (χ0v) is 40.1. The molecule has 4 saturated heterocycles. The minimum atomic E-state index is -1.24.